The van der Waals surface area contributed by atoms with Crippen molar-refractivity contribution in [1.29, 1.82) is 0 Å². The van der Waals surface area contributed by atoms with Gasteiger partial charge in [-0.2, -0.15) is 0 Å². The zero-order chi connectivity index (χ0) is 34.4. The third kappa shape index (κ3) is 5.42. The summed E-state index contributed by atoms with van der Waals surface area (Å²) >= 11 is 0. The van der Waals surface area contributed by atoms with Crippen molar-refractivity contribution >= 4 is 50.1 Å². The molecule has 0 radical (unpaired) electrons. The van der Waals surface area contributed by atoms with Crippen LogP contribution in [0.5, 0.6) is 0 Å². The molecule has 0 amide bonds. The first-order chi connectivity index (χ1) is 25.7. The van der Waals surface area contributed by atoms with E-state index < -0.39 is 0 Å². The van der Waals surface area contributed by atoms with E-state index in [2.05, 4.69) is 114 Å². The summed E-state index contributed by atoms with van der Waals surface area (Å²) in [7, 11) is 0. The molecule has 5 heteroatoms. The van der Waals surface area contributed by atoms with Crippen LogP contribution in [-0.2, 0) is 0 Å². The SMILES string of the molecule is c1ccc(-c2nc3ccc(-c4ccc(N(c5ccc(-c6cc7ccccc7o6)cc5)c5ccc(-c6cc7ccccc7o6)cc5)cc4)cc3o2)cc1. The van der Waals surface area contributed by atoms with E-state index >= 15 is 0 Å². The Kier molecular flexibility index (Phi) is 7.07. The Morgan fingerprint density at radius 3 is 1.37 bits per heavy atom. The normalized spacial score (nSPS) is 11.5. The monoisotopic (exact) mass is 670 g/mol. The Bertz CT molecular complexity index is 2640. The molecule has 0 fully saturated rings. The Hall–Kier alpha value is -7.11. The van der Waals surface area contributed by atoms with Crippen LogP contribution in [0.4, 0.5) is 17.1 Å². The second kappa shape index (κ2) is 12.3. The first-order valence-electron chi connectivity index (χ1n) is 17.3. The molecule has 0 atom stereocenters. The molecular weight excluding hydrogens is 641 g/mol. The molecule has 3 heterocycles. The highest BCUT2D eigenvalue weighted by Crippen LogP contribution is 2.39. The van der Waals surface area contributed by atoms with Crippen LogP contribution in [0.3, 0.4) is 0 Å². The Balaban J connectivity index is 1.00. The molecular formula is C47H30N2O3. The molecule has 0 spiro atoms. The Labute approximate surface area is 299 Å². The van der Waals surface area contributed by atoms with E-state index in [0.29, 0.717) is 5.89 Å². The molecule has 0 aliphatic carbocycles. The average Bonchev–Trinajstić information content (AvgIpc) is 3.96. The molecule has 246 valence electrons. The van der Waals surface area contributed by atoms with E-state index in [0.717, 1.165) is 89.4 Å². The summed E-state index contributed by atoms with van der Waals surface area (Å²) in [5.74, 6) is 2.31. The zero-order valence-corrected chi connectivity index (χ0v) is 27.9. The standard InChI is InChI=1S/C47H30N2O3/c1-2-8-34(9-3-1)47-48-41-27-20-35(28-46(41)52-47)31-14-21-38(22-15-31)49(39-23-16-32(17-24-39)44-29-36-10-4-6-12-42(36)50-44)40-25-18-33(19-26-40)45-30-37-11-5-7-13-43(37)51-45/h1-30H. The lowest BCUT2D eigenvalue weighted by Gasteiger charge is -2.26. The van der Waals surface area contributed by atoms with Crippen LogP contribution in [-0.4, -0.2) is 4.98 Å². The number of para-hydroxylation sites is 2. The number of nitrogens with zero attached hydrogens (tertiary/aromatic N) is 2. The molecule has 0 saturated heterocycles. The van der Waals surface area contributed by atoms with Gasteiger partial charge >= 0.3 is 0 Å². The minimum atomic E-state index is 0.622. The fourth-order valence-electron chi connectivity index (χ4n) is 6.86. The smallest absolute Gasteiger partial charge is 0.227 e. The van der Waals surface area contributed by atoms with E-state index in [4.69, 9.17) is 18.2 Å². The Morgan fingerprint density at radius 2 is 0.827 bits per heavy atom. The maximum absolute atomic E-state index is 6.18. The van der Waals surface area contributed by atoms with Crippen LogP contribution >= 0.6 is 0 Å². The van der Waals surface area contributed by atoms with Crippen molar-refractivity contribution < 1.29 is 13.3 Å². The number of anilines is 3. The largest absolute Gasteiger partial charge is 0.456 e. The second-order valence-corrected chi connectivity index (χ2v) is 12.8. The van der Waals surface area contributed by atoms with E-state index in [-0.39, 0.29) is 0 Å². The van der Waals surface area contributed by atoms with Crippen molar-refractivity contribution in [2.75, 3.05) is 4.90 Å². The molecule has 10 rings (SSSR count). The van der Waals surface area contributed by atoms with Gasteiger partial charge in [-0.15, -0.1) is 0 Å². The summed E-state index contributed by atoms with van der Waals surface area (Å²) in [4.78, 5) is 6.97. The maximum atomic E-state index is 6.18. The number of hydrogen-bond acceptors (Lipinski definition) is 5. The predicted molar refractivity (Wildman–Crippen MR) is 210 cm³/mol. The van der Waals surface area contributed by atoms with Gasteiger partial charge in [0.2, 0.25) is 5.89 Å². The van der Waals surface area contributed by atoms with Crippen molar-refractivity contribution in [3.05, 3.63) is 182 Å². The van der Waals surface area contributed by atoms with Gasteiger partial charge in [-0.3, -0.25) is 0 Å². The summed E-state index contributed by atoms with van der Waals surface area (Å²) < 4.78 is 18.5. The van der Waals surface area contributed by atoms with E-state index in [1.165, 1.54) is 0 Å². The number of aromatic nitrogens is 1. The van der Waals surface area contributed by atoms with Gasteiger partial charge in [-0.1, -0.05) is 72.8 Å². The predicted octanol–water partition coefficient (Wildman–Crippen LogP) is 13.5. The lowest BCUT2D eigenvalue weighted by molar-refractivity contribution is 0.620. The van der Waals surface area contributed by atoms with Gasteiger partial charge in [0.15, 0.2) is 5.58 Å². The third-order valence-corrected chi connectivity index (χ3v) is 9.54. The average molecular weight is 671 g/mol. The molecule has 0 N–H and O–H groups in total. The van der Waals surface area contributed by atoms with Crippen molar-refractivity contribution in [2.24, 2.45) is 0 Å². The fraction of sp³-hybridized carbons (Fsp3) is 0. The van der Waals surface area contributed by atoms with E-state index in [9.17, 15) is 0 Å². The van der Waals surface area contributed by atoms with Crippen LogP contribution in [0.25, 0.3) is 78.3 Å². The number of fused-ring (bicyclic) bond motifs is 3. The van der Waals surface area contributed by atoms with Crippen LogP contribution in [0.2, 0.25) is 0 Å². The van der Waals surface area contributed by atoms with Crippen LogP contribution in [0, 0.1) is 0 Å². The van der Waals surface area contributed by atoms with Gasteiger partial charge in [0.1, 0.15) is 28.2 Å². The topological polar surface area (TPSA) is 55.6 Å². The lowest BCUT2D eigenvalue weighted by Crippen LogP contribution is -2.09. The lowest BCUT2D eigenvalue weighted by atomic mass is 10.0. The van der Waals surface area contributed by atoms with Gasteiger partial charge in [-0.25, -0.2) is 4.98 Å². The van der Waals surface area contributed by atoms with Crippen molar-refractivity contribution in [2.45, 2.75) is 0 Å². The maximum Gasteiger partial charge on any atom is 0.227 e. The number of furan rings is 2. The molecule has 5 nitrogen and oxygen atoms in total. The Morgan fingerprint density at radius 1 is 0.346 bits per heavy atom. The van der Waals surface area contributed by atoms with Gasteiger partial charge in [0.25, 0.3) is 0 Å². The van der Waals surface area contributed by atoms with E-state index in [1.54, 1.807) is 0 Å². The molecule has 0 bridgehead atoms. The minimum absolute atomic E-state index is 0.622. The van der Waals surface area contributed by atoms with Gasteiger partial charge in [0, 0.05) is 44.5 Å². The highest BCUT2D eigenvalue weighted by molar-refractivity contribution is 5.87. The highest BCUT2D eigenvalue weighted by atomic mass is 16.3. The van der Waals surface area contributed by atoms with Crippen molar-refractivity contribution in [3.8, 4) is 45.2 Å². The number of hydrogen-bond donors (Lipinski definition) is 0. The molecule has 3 aromatic heterocycles. The summed E-state index contributed by atoms with van der Waals surface area (Å²) in [5.41, 5.74) is 11.6. The van der Waals surface area contributed by atoms with Gasteiger partial charge < -0.3 is 18.2 Å². The number of oxazole rings is 1. The van der Waals surface area contributed by atoms with Crippen molar-refractivity contribution in [1.82, 2.24) is 4.98 Å². The van der Waals surface area contributed by atoms with Crippen LogP contribution in [0.1, 0.15) is 0 Å². The molecule has 0 saturated carbocycles. The highest BCUT2D eigenvalue weighted by Gasteiger charge is 2.16. The molecule has 52 heavy (non-hydrogen) atoms. The number of benzene rings is 7. The van der Waals surface area contributed by atoms with Gasteiger partial charge in [0.05, 0.1) is 0 Å². The van der Waals surface area contributed by atoms with Gasteiger partial charge in [-0.05, 0) is 120 Å². The molecule has 0 aliphatic rings. The molecule has 7 aromatic carbocycles. The molecule has 10 aromatic rings. The van der Waals surface area contributed by atoms with Crippen LogP contribution < -0.4 is 4.90 Å². The zero-order valence-electron chi connectivity index (χ0n) is 27.9. The minimum Gasteiger partial charge on any atom is -0.456 e. The van der Waals surface area contributed by atoms with E-state index in [1.807, 2.05) is 72.8 Å². The summed E-state index contributed by atoms with van der Waals surface area (Å²) in [6.07, 6.45) is 0. The molecule has 0 unspecified atom stereocenters. The third-order valence-electron chi connectivity index (χ3n) is 9.54. The first kappa shape index (κ1) is 29.8. The van der Waals surface area contributed by atoms with Crippen molar-refractivity contribution in [3.63, 3.8) is 0 Å². The summed E-state index contributed by atoms with van der Waals surface area (Å²) in [5, 5.41) is 2.18. The quantitative estimate of drug-likeness (QED) is 0.169. The fourth-order valence-corrected chi connectivity index (χ4v) is 6.86. The summed E-state index contributed by atoms with van der Waals surface area (Å²) in [6, 6.07) is 62.2. The first-order valence-corrected chi connectivity index (χ1v) is 17.3. The molecule has 0 aliphatic heterocycles. The number of rotatable bonds is 7. The summed E-state index contributed by atoms with van der Waals surface area (Å²) in [6.45, 7) is 0. The van der Waals surface area contributed by atoms with Crippen LogP contribution in [0.15, 0.2) is 195 Å². The second-order valence-electron chi connectivity index (χ2n) is 12.8.